The lowest BCUT2D eigenvalue weighted by Crippen LogP contribution is -2.43. The number of aliphatic hydroxyl groups is 1. The van der Waals surface area contributed by atoms with Crippen LogP contribution in [0.15, 0.2) is 35.1 Å². The summed E-state index contributed by atoms with van der Waals surface area (Å²) in [5.74, 6) is 0.654. The van der Waals surface area contributed by atoms with E-state index in [1.165, 1.54) is 10.7 Å². The molecule has 2 aliphatic rings. The molecule has 2 atom stereocenters. The lowest BCUT2D eigenvalue weighted by atomic mass is 9.74. The van der Waals surface area contributed by atoms with Crippen molar-refractivity contribution < 1.29 is 14.6 Å². The first kappa shape index (κ1) is 17.7. The minimum atomic E-state index is -0.508. The Morgan fingerprint density at radius 2 is 2.15 bits per heavy atom. The monoisotopic (exact) mass is 369 g/mol. The first-order chi connectivity index (χ1) is 12.9. The molecule has 4 rings (SSSR count). The van der Waals surface area contributed by atoms with Gasteiger partial charge >= 0.3 is 0 Å². The van der Waals surface area contributed by atoms with E-state index in [0.29, 0.717) is 19.7 Å². The summed E-state index contributed by atoms with van der Waals surface area (Å²) in [5, 5.41) is 14.3. The third kappa shape index (κ3) is 2.92. The van der Waals surface area contributed by atoms with Crippen molar-refractivity contribution in [3.05, 3.63) is 57.5 Å². The summed E-state index contributed by atoms with van der Waals surface area (Å²) in [5.41, 5.74) is 1.77. The Morgan fingerprint density at radius 1 is 1.37 bits per heavy atom. The molecular formula is C20H23N3O4. The third-order valence-electron chi connectivity index (χ3n) is 5.85. The number of rotatable bonds is 3. The topological polar surface area (TPSA) is 84.7 Å². The number of aromatic nitrogens is 2. The lowest BCUT2D eigenvalue weighted by molar-refractivity contribution is -0.131. The Morgan fingerprint density at radius 3 is 2.93 bits per heavy atom. The predicted molar refractivity (Wildman–Crippen MR) is 98.7 cm³/mol. The van der Waals surface area contributed by atoms with E-state index in [-0.39, 0.29) is 30.5 Å². The van der Waals surface area contributed by atoms with Gasteiger partial charge in [0.25, 0.3) is 5.56 Å². The summed E-state index contributed by atoms with van der Waals surface area (Å²) in [7, 11) is 0. The maximum Gasteiger partial charge on any atom is 0.267 e. The Hall–Kier alpha value is -2.67. The van der Waals surface area contributed by atoms with Crippen LogP contribution < -0.4 is 10.3 Å². The zero-order valence-electron chi connectivity index (χ0n) is 15.5. The van der Waals surface area contributed by atoms with Gasteiger partial charge < -0.3 is 14.7 Å². The van der Waals surface area contributed by atoms with E-state index in [1.807, 2.05) is 38.1 Å². The molecule has 1 saturated heterocycles. The Balaban J connectivity index is 1.59. The smallest absolute Gasteiger partial charge is 0.267 e. The molecule has 0 bridgehead atoms. The Labute approximate surface area is 157 Å². The Bertz CT molecular complexity index is 954. The molecule has 1 N–H and O–H groups in total. The van der Waals surface area contributed by atoms with Crippen molar-refractivity contribution in [2.75, 3.05) is 26.3 Å². The summed E-state index contributed by atoms with van der Waals surface area (Å²) in [6, 6.07) is 9.27. The minimum Gasteiger partial charge on any atom is -0.493 e. The third-order valence-corrected chi connectivity index (χ3v) is 5.85. The number of hydrogen-bond acceptors (Lipinski definition) is 5. The van der Waals surface area contributed by atoms with Crippen molar-refractivity contribution in [1.29, 1.82) is 0 Å². The molecule has 27 heavy (non-hydrogen) atoms. The second-order valence-corrected chi connectivity index (χ2v) is 7.58. The van der Waals surface area contributed by atoms with E-state index in [9.17, 15) is 14.7 Å². The van der Waals surface area contributed by atoms with Gasteiger partial charge in [-0.25, -0.2) is 4.68 Å². The van der Waals surface area contributed by atoms with Gasteiger partial charge in [0.15, 0.2) is 0 Å². The molecule has 2 aliphatic heterocycles. The van der Waals surface area contributed by atoms with Crippen LogP contribution in [0.4, 0.5) is 0 Å². The summed E-state index contributed by atoms with van der Waals surface area (Å²) in [6.45, 7) is 4.75. The standard InChI is InChI=1S/C20H23N3O4/c1-13-7-18(25)23(21-14(13)2)9-19(26)22-8-16-15-5-3-4-6-17(15)27-12-20(16,10-22)11-24/h3-7,16,24H,8-12H2,1-2H3/t16-,20-/m1/s1. The SMILES string of the molecule is Cc1cc(=O)n(CC(=O)N2C[C@@H]3c4ccccc4OC[C@]3(CO)C2)nc1C. The van der Waals surface area contributed by atoms with Crippen LogP contribution in [0.5, 0.6) is 5.75 Å². The van der Waals surface area contributed by atoms with Gasteiger partial charge in [-0.05, 0) is 31.0 Å². The first-order valence-electron chi connectivity index (χ1n) is 9.09. The number of likely N-dealkylation sites (tertiary alicyclic amines) is 1. The summed E-state index contributed by atoms with van der Waals surface area (Å²) in [4.78, 5) is 26.7. The van der Waals surface area contributed by atoms with E-state index < -0.39 is 5.41 Å². The fourth-order valence-electron chi connectivity index (χ4n) is 4.08. The molecule has 0 saturated carbocycles. The average molecular weight is 369 g/mol. The fraction of sp³-hybridized carbons (Fsp3) is 0.450. The van der Waals surface area contributed by atoms with E-state index in [2.05, 4.69) is 5.10 Å². The fourth-order valence-corrected chi connectivity index (χ4v) is 4.08. The van der Waals surface area contributed by atoms with Gasteiger partial charge in [-0.15, -0.1) is 0 Å². The van der Waals surface area contributed by atoms with Crippen molar-refractivity contribution in [2.24, 2.45) is 5.41 Å². The number of ether oxygens (including phenoxy) is 1. The van der Waals surface area contributed by atoms with Gasteiger partial charge in [-0.3, -0.25) is 9.59 Å². The number of hydrogen-bond donors (Lipinski definition) is 1. The van der Waals surface area contributed by atoms with E-state index in [4.69, 9.17) is 4.74 Å². The maximum atomic E-state index is 12.9. The highest BCUT2D eigenvalue weighted by atomic mass is 16.5. The molecule has 1 amide bonds. The number of aryl methyl sites for hydroxylation is 2. The Kier molecular flexibility index (Phi) is 4.26. The number of aliphatic hydroxyl groups excluding tert-OH is 1. The largest absolute Gasteiger partial charge is 0.493 e. The molecule has 3 heterocycles. The van der Waals surface area contributed by atoms with E-state index in [0.717, 1.165) is 22.6 Å². The van der Waals surface area contributed by atoms with E-state index in [1.54, 1.807) is 4.90 Å². The highest BCUT2D eigenvalue weighted by Gasteiger charge is 2.52. The highest BCUT2D eigenvalue weighted by molar-refractivity contribution is 5.76. The molecular weight excluding hydrogens is 346 g/mol. The van der Waals surface area contributed by atoms with E-state index >= 15 is 0 Å². The van der Waals surface area contributed by atoms with Gasteiger partial charge in [0, 0.05) is 25.1 Å². The van der Waals surface area contributed by atoms with Crippen LogP contribution >= 0.6 is 0 Å². The lowest BCUT2D eigenvalue weighted by Gasteiger charge is -2.37. The van der Waals surface area contributed by atoms with Crippen LogP contribution in [-0.2, 0) is 11.3 Å². The second-order valence-electron chi connectivity index (χ2n) is 7.58. The van der Waals surface area contributed by atoms with Crippen molar-refractivity contribution in [3.8, 4) is 5.75 Å². The van der Waals surface area contributed by atoms with Crippen LogP contribution in [0.1, 0.15) is 22.7 Å². The van der Waals surface area contributed by atoms with Crippen molar-refractivity contribution >= 4 is 5.91 Å². The summed E-state index contributed by atoms with van der Waals surface area (Å²) in [6.07, 6.45) is 0. The van der Waals surface area contributed by atoms with Crippen LogP contribution in [-0.4, -0.2) is 52.0 Å². The van der Waals surface area contributed by atoms with Crippen LogP contribution in [0.2, 0.25) is 0 Å². The molecule has 1 fully saturated rings. The van der Waals surface area contributed by atoms with Crippen LogP contribution in [0.25, 0.3) is 0 Å². The van der Waals surface area contributed by atoms with Crippen LogP contribution in [0, 0.1) is 19.3 Å². The molecule has 0 aliphatic carbocycles. The summed E-state index contributed by atoms with van der Waals surface area (Å²) < 4.78 is 7.07. The normalized spacial score (nSPS) is 23.5. The highest BCUT2D eigenvalue weighted by Crippen LogP contribution is 2.49. The zero-order valence-corrected chi connectivity index (χ0v) is 15.5. The van der Waals surface area contributed by atoms with Gasteiger partial charge in [-0.2, -0.15) is 5.10 Å². The van der Waals surface area contributed by atoms with Crippen molar-refractivity contribution in [3.63, 3.8) is 0 Å². The average Bonchev–Trinajstić information content (AvgIpc) is 3.07. The number of amides is 1. The predicted octanol–water partition coefficient (Wildman–Crippen LogP) is 0.857. The van der Waals surface area contributed by atoms with Gasteiger partial charge in [0.2, 0.25) is 5.91 Å². The molecule has 142 valence electrons. The molecule has 0 unspecified atom stereocenters. The van der Waals surface area contributed by atoms with Gasteiger partial charge in [0.05, 0.1) is 24.3 Å². The number of nitrogens with zero attached hydrogens (tertiary/aromatic N) is 3. The van der Waals surface area contributed by atoms with Crippen molar-refractivity contribution in [2.45, 2.75) is 26.3 Å². The number of benzene rings is 1. The molecule has 1 aromatic carbocycles. The minimum absolute atomic E-state index is 0.0147. The molecule has 7 heteroatoms. The number of fused-ring (bicyclic) bond motifs is 3. The maximum absolute atomic E-state index is 12.9. The molecule has 2 aromatic rings. The van der Waals surface area contributed by atoms with Crippen LogP contribution in [0.3, 0.4) is 0 Å². The number of para-hydroxylation sites is 1. The second kappa shape index (κ2) is 6.49. The number of carbonyl (C=O) groups excluding carboxylic acids is 1. The first-order valence-corrected chi connectivity index (χ1v) is 9.09. The summed E-state index contributed by atoms with van der Waals surface area (Å²) >= 11 is 0. The quantitative estimate of drug-likeness (QED) is 0.867. The molecule has 0 radical (unpaired) electrons. The number of carbonyl (C=O) groups is 1. The van der Waals surface area contributed by atoms with Gasteiger partial charge in [-0.1, -0.05) is 18.2 Å². The van der Waals surface area contributed by atoms with Gasteiger partial charge in [0.1, 0.15) is 12.3 Å². The molecule has 7 nitrogen and oxygen atoms in total. The zero-order chi connectivity index (χ0) is 19.2. The molecule has 1 aromatic heterocycles. The molecule has 0 spiro atoms. The van der Waals surface area contributed by atoms with Crippen molar-refractivity contribution in [1.82, 2.24) is 14.7 Å².